The molecule has 1 amide bonds. The maximum Gasteiger partial charge on any atom is 0.225 e. The molecule has 1 aromatic heterocycles. The molecule has 0 atom stereocenters. The van der Waals surface area contributed by atoms with Crippen molar-refractivity contribution in [1.29, 1.82) is 0 Å². The van der Waals surface area contributed by atoms with Gasteiger partial charge in [0.05, 0.1) is 12.1 Å². The summed E-state index contributed by atoms with van der Waals surface area (Å²) in [4.78, 5) is 17.0. The molecule has 0 unspecified atom stereocenters. The number of hydrogen-bond donors (Lipinski definition) is 1. The molecule has 0 spiro atoms. The molecule has 2 aromatic carbocycles. The van der Waals surface area contributed by atoms with Gasteiger partial charge in [0.2, 0.25) is 5.91 Å². The zero-order valence-electron chi connectivity index (χ0n) is 16.1. The largest absolute Gasteiger partial charge is 0.494 e. The number of ether oxygens (including phenoxy) is 1. The highest BCUT2D eigenvalue weighted by molar-refractivity contribution is 7.99. The Bertz CT molecular complexity index is 965. The quantitative estimate of drug-likeness (QED) is 0.590. The zero-order valence-corrected chi connectivity index (χ0v) is 16.9. The maximum atomic E-state index is 12.3. The Kier molecular flexibility index (Phi) is 6.01. The third kappa shape index (κ3) is 4.42. The van der Waals surface area contributed by atoms with Crippen molar-refractivity contribution in [1.82, 2.24) is 4.98 Å². The Hall–Kier alpha value is -2.53. The zero-order chi connectivity index (χ0) is 19.4. The molecule has 0 aliphatic heterocycles. The van der Waals surface area contributed by atoms with Gasteiger partial charge in [-0.2, -0.15) is 0 Å². The molecular weight excluding hydrogens is 356 g/mol. The molecule has 0 bridgehead atoms. The molecule has 3 rings (SSSR count). The first-order valence-corrected chi connectivity index (χ1v) is 9.91. The van der Waals surface area contributed by atoms with E-state index in [0.717, 1.165) is 44.1 Å². The summed E-state index contributed by atoms with van der Waals surface area (Å²) in [6.45, 7) is 6.08. The molecule has 0 fully saturated rings. The van der Waals surface area contributed by atoms with Gasteiger partial charge in [-0.15, -0.1) is 11.8 Å². The molecule has 0 saturated carbocycles. The first-order chi connectivity index (χ1) is 13.0. The van der Waals surface area contributed by atoms with Gasteiger partial charge in [0.25, 0.3) is 0 Å². The van der Waals surface area contributed by atoms with Crippen molar-refractivity contribution in [3.05, 3.63) is 59.2 Å². The molecule has 5 heteroatoms. The van der Waals surface area contributed by atoms with Crippen LogP contribution >= 0.6 is 11.8 Å². The van der Waals surface area contributed by atoms with E-state index in [2.05, 4.69) is 18.3 Å². The summed E-state index contributed by atoms with van der Waals surface area (Å²) >= 11 is 1.59. The van der Waals surface area contributed by atoms with Crippen molar-refractivity contribution in [2.75, 3.05) is 18.2 Å². The van der Waals surface area contributed by atoms with Crippen molar-refractivity contribution < 1.29 is 9.53 Å². The summed E-state index contributed by atoms with van der Waals surface area (Å²) in [6, 6.07) is 14.0. The molecule has 27 heavy (non-hydrogen) atoms. The fraction of sp³-hybridized carbons (Fsp3) is 0.273. The number of aromatic nitrogens is 1. The SMILES string of the molecule is COc1cccc2c(C)cc(SCCC(=O)Nc3c(C)cccc3C)nc12. The minimum Gasteiger partial charge on any atom is -0.494 e. The van der Waals surface area contributed by atoms with Crippen molar-refractivity contribution >= 4 is 34.3 Å². The third-order valence-electron chi connectivity index (χ3n) is 4.53. The number of benzene rings is 2. The van der Waals surface area contributed by atoms with Crippen LogP contribution in [0, 0.1) is 20.8 Å². The fourth-order valence-electron chi connectivity index (χ4n) is 3.06. The van der Waals surface area contributed by atoms with E-state index in [9.17, 15) is 4.79 Å². The number of methoxy groups -OCH3 is 1. The number of amides is 1. The Morgan fingerprint density at radius 2 is 1.78 bits per heavy atom. The van der Waals surface area contributed by atoms with Crippen LogP contribution in [0.2, 0.25) is 0 Å². The van der Waals surface area contributed by atoms with Gasteiger partial charge < -0.3 is 10.1 Å². The predicted octanol–water partition coefficient (Wildman–Crippen LogP) is 5.29. The van der Waals surface area contributed by atoms with E-state index in [1.54, 1.807) is 18.9 Å². The van der Waals surface area contributed by atoms with Crippen LogP contribution in [0.25, 0.3) is 10.9 Å². The molecule has 0 aliphatic rings. The lowest BCUT2D eigenvalue weighted by Gasteiger charge is -2.12. The van der Waals surface area contributed by atoms with Crippen molar-refractivity contribution in [2.24, 2.45) is 0 Å². The van der Waals surface area contributed by atoms with Gasteiger partial charge in [-0.3, -0.25) is 4.79 Å². The van der Waals surface area contributed by atoms with Crippen LogP contribution in [0.1, 0.15) is 23.1 Å². The van der Waals surface area contributed by atoms with Crippen LogP contribution in [0.5, 0.6) is 5.75 Å². The number of carbonyl (C=O) groups is 1. The lowest BCUT2D eigenvalue weighted by atomic mass is 10.1. The third-order valence-corrected chi connectivity index (χ3v) is 5.44. The van der Waals surface area contributed by atoms with Gasteiger partial charge in [0, 0.05) is 23.2 Å². The van der Waals surface area contributed by atoms with E-state index < -0.39 is 0 Å². The number of thioether (sulfide) groups is 1. The number of aryl methyl sites for hydroxylation is 3. The number of nitrogens with zero attached hydrogens (tertiary/aromatic N) is 1. The van der Waals surface area contributed by atoms with Crippen LogP contribution in [-0.2, 0) is 4.79 Å². The highest BCUT2D eigenvalue weighted by atomic mass is 32.2. The Morgan fingerprint density at radius 3 is 2.48 bits per heavy atom. The minimum atomic E-state index is 0.0231. The molecule has 4 nitrogen and oxygen atoms in total. The van der Waals surface area contributed by atoms with Gasteiger partial charge >= 0.3 is 0 Å². The topological polar surface area (TPSA) is 51.2 Å². The van der Waals surface area contributed by atoms with E-state index in [1.807, 2.05) is 50.2 Å². The van der Waals surface area contributed by atoms with Crippen LogP contribution in [-0.4, -0.2) is 23.8 Å². The van der Waals surface area contributed by atoms with Gasteiger partial charge in [-0.1, -0.05) is 30.3 Å². The summed E-state index contributed by atoms with van der Waals surface area (Å²) in [6.07, 6.45) is 0.434. The number of fused-ring (bicyclic) bond motifs is 1. The molecule has 3 aromatic rings. The van der Waals surface area contributed by atoms with E-state index in [0.29, 0.717) is 12.2 Å². The van der Waals surface area contributed by atoms with E-state index in [1.165, 1.54) is 0 Å². The number of hydrogen-bond acceptors (Lipinski definition) is 4. The number of pyridine rings is 1. The Labute approximate surface area is 164 Å². The number of carbonyl (C=O) groups excluding carboxylic acids is 1. The number of para-hydroxylation sites is 2. The molecule has 0 saturated heterocycles. The summed E-state index contributed by atoms with van der Waals surface area (Å²) in [5.74, 6) is 1.46. The maximum absolute atomic E-state index is 12.3. The Morgan fingerprint density at radius 1 is 1.07 bits per heavy atom. The van der Waals surface area contributed by atoms with Crippen molar-refractivity contribution in [3.63, 3.8) is 0 Å². The lowest BCUT2D eigenvalue weighted by molar-refractivity contribution is -0.115. The first kappa shape index (κ1) is 19.2. The van der Waals surface area contributed by atoms with E-state index in [4.69, 9.17) is 9.72 Å². The molecular formula is C22H24N2O2S. The van der Waals surface area contributed by atoms with Gasteiger partial charge in [-0.25, -0.2) is 4.98 Å². The molecule has 1 heterocycles. The summed E-state index contributed by atoms with van der Waals surface area (Å²) in [5, 5.41) is 5.03. The highest BCUT2D eigenvalue weighted by Crippen LogP contribution is 2.30. The number of rotatable bonds is 6. The second kappa shape index (κ2) is 8.44. The molecule has 1 N–H and O–H groups in total. The van der Waals surface area contributed by atoms with Crippen LogP contribution < -0.4 is 10.1 Å². The molecule has 140 valence electrons. The normalized spacial score (nSPS) is 10.8. The first-order valence-electron chi connectivity index (χ1n) is 8.93. The second-order valence-electron chi connectivity index (χ2n) is 6.55. The van der Waals surface area contributed by atoms with Crippen molar-refractivity contribution in [3.8, 4) is 5.75 Å². The number of nitrogens with one attached hydrogen (secondary N) is 1. The van der Waals surface area contributed by atoms with E-state index >= 15 is 0 Å². The van der Waals surface area contributed by atoms with Crippen LogP contribution in [0.15, 0.2) is 47.5 Å². The standard InChI is InChI=1S/C22H24N2O2S/c1-14-7-5-8-15(2)21(14)23-19(25)11-12-27-20-13-16(3)17-9-6-10-18(26-4)22(17)24-20/h5-10,13H,11-12H2,1-4H3,(H,23,25). The van der Waals surface area contributed by atoms with Gasteiger partial charge in [-0.05, 0) is 49.6 Å². The second-order valence-corrected chi connectivity index (χ2v) is 7.66. The monoisotopic (exact) mass is 380 g/mol. The molecule has 0 radical (unpaired) electrons. The average Bonchev–Trinajstić information content (AvgIpc) is 2.64. The minimum absolute atomic E-state index is 0.0231. The predicted molar refractivity (Wildman–Crippen MR) is 113 cm³/mol. The van der Waals surface area contributed by atoms with E-state index in [-0.39, 0.29) is 5.91 Å². The summed E-state index contributed by atoms with van der Waals surface area (Å²) in [5.41, 5.74) is 5.09. The fourth-order valence-corrected chi connectivity index (χ4v) is 3.97. The summed E-state index contributed by atoms with van der Waals surface area (Å²) < 4.78 is 5.43. The van der Waals surface area contributed by atoms with Gasteiger partial charge in [0.1, 0.15) is 11.3 Å². The van der Waals surface area contributed by atoms with Crippen LogP contribution in [0.4, 0.5) is 5.69 Å². The average molecular weight is 381 g/mol. The smallest absolute Gasteiger partial charge is 0.225 e. The van der Waals surface area contributed by atoms with Crippen LogP contribution in [0.3, 0.4) is 0 Å². The number of anilines is 1. The highest BCUT2D eigenvalue weighted by Gasteiger charge is 2.10. The van der Waals surface area contributed by atoms with Gasteiger partial charge in [0.15, 0.2) is 0 Å². The Balaban J connectivity index is 1.66. The van der Waals surface area contributed by atoms with Crippen molar-refractivity contribution in [2.45, 2.75) is 32.2 Å². The summed E-state index contributed by atoms with van der Waals surface area (Å²) in [7, 11) is 1.66. The lowest BCUT2D eigenvalue weighted by Crippen LogP contribution is -2.14. The molecule has 0 aliphatic carbocycles.